The van der Waals surface area contributed by atoms with Gasteiger partial charge in [0.25, 0.3) is 0 Å². The summed E-state index contributed by atoms with van der Waals surface area (Å²) < 4.78 is 0. The van der Waals surface area contributed by atoms with Crippen LogP contribution in [0, 0.1) is 5.92 Å². The van der Waals surface area contributed by atoms with E-state index in [-0.39, 0.29) is 5.92 Å². The van der Waals surface area contributed by atoms with Crippen molar-refractivity contribution in [2.75, 3.05) is 13.1 Å². The van der Waals surface area contributed by atoms with Gasteiger partial charge in [0.1, 0.15) is 0 Å². The summed E-state index contributed by atoms with van der Waals surface area (Å²) >= 11 is 0. The Labute approximate surface area is 84.4 Å². The molecule has 3 nitrogen and oxygen atoms in total. The number of carboxylic acid groups (broad SMARTS) is 1. The summed E-state index contributed by atoms with van der Waals surface area (Å²) in [7, 11) is 0. The molecule has 1 unspecified atom stereocenters. The van der Waals surface area contributed by atoms with Gasteiger partial charge in [-0.3, -0.25) is 4.79 Å². The zero-order valence-electron chi connectivity index (χ0n) is 8.41. The molecule has 0 radical (unpaired) electrons. The average molecular weight is 195 g/mol. The van der Waals surface area contributed by atoms with Crippen LogP contribution in [0.4, 0.5) is 0 Å². The van der Waals surface area contributed by atoms with Crippen LogP contribution in [0.2, 0.25) is 0 Å². The molecule has 1 atom stereocenters. The number of carbonyl (C=O) groups is 1. The molecule has 1 saturated heterocycles. The molecule has 1 aliphatic carbocycles. The van der Waals surface area contributed by atoms with Crippen LogP contribution in [-0.2, 0) is 4.79 Å². The van der Waals surface area contributed by atoms with Crippen LogP contribution in [0.1, 0.15) is 32.1 Å². The highest BCUT2D eigenvalue weighted by Gasteiger charge is 2.27. The highest BCUT2D eigenvalue weighted by atomic mass is 16.4. The molecule has 0 saturated carbocycles. The fourth-order valence-electron chi connectivity index (χ4n) is 2.53. The summed E-state index contributed by atoms with van der Waals surface area (Å²) in [6, 6.07) is 0. The lowest BCUT2D eigenvalue weighted by atomic mass is 10.0. The number of carboxylic acids is 1. The van der Waals surface area contributed by atoms with E-state index >= 15 is 0 Å². The summed E-state index contributed by atoms with van der Waals surface area (Å²) in [5.74, 6) is -0.382. The molecule has 14 heavy (non-hydrogen) atoms. The fourth-order valence-corrected chi connectivity index (χ4v) is 2.53. The van der Waals surface area contributed by atoms with Crippen LogP contribution >= 0.6 is 0 Å². The molecule has 0 bridgehead atoms. The highest BCUT2D eigenvalue weighted by molar-refractivity contribution is 5.67. The zero-order valence-corrected chi connectivity index (χ0v) is 8.41. The van der Waals surface area contributed by atoms with Gasteiger partial charge in [0.15, 0.2) is 0 Å². The van der Waals surface area contributed by atoms with Gasteiger partial charge in [0.2, 0.25) is 0 Å². The lowest BCUT2D eigenvalue weighted by Gasteiger charge is -2.24. The number of hydrogen-bond donors (Lipinski definition) is 1. The second-order valence-corrected chi connectivity index (χ2v) is 4.20. The Morgan fingerprint density at radius 2 is 2.21 bits per heavy atom. The zero-order chi connectivity index (χ0) is 9.97. The molecule has 1 N–H and O–H groups in total. The molecule has 2 aliphatic rings. The number of hydrogen-bond acceptors (Lipinski definition) is 2. The minimum Gasteiger partial charge on any atom is -0.481 e. The Bertz CT molecular complexity index is 254. The van der Waals surface area contributed by atoms with E-state index in [2.05, 4.69) is 11.0 Å². The number of nitrogens with zero attached hydrogens (tertiary/aromatic N) is 1. The lowest BCUT2D eigenvalue weighted by Crippen LogP contribution is -2.23. The largest absolute Gasteiger partial charge is 0.481 e. The molecule has 1 aliphatic heterocycles. The van der Waals surface area contributed by atoms with Crippen molar-refractivity contribution in [1.29, 1.82) is 0 Å². The van der Waals surface area contributed by atoms with E-state index in [9.17, 15) is 4.79 Å². The summed E-state index contributed by atoms with van der Waals surface area (Å²) in [6.45, 7) is 2.25. The molecule has 0 amide bonds. The van der Waals surface area contributed by atoms with E-state index in [4.69, 9.17) is 5.11 Å². The second-order valence-electron chi connectivity index (χ2n) is 4.20. The average Bonchev–Trinajstić information content (AvgIpc) is 2.70. The number of rotatable bonds is 3. The van der Waals surface area contributed by atoms with Gasteiger partial charge < -0.3 is 10.0 Å². The third kappa shape index (κ3) is 1.91. The minimum absolute atomic E-state index is 0.283. The Morgan fingerprint density at radius 3 is 2.86 bits per heavy atom. The number of likely N-dealkylation sites (tertiary alicyclic amines) is 1. The first-order chi connectivity index (χ1) is 6.77. The Hall–Kier alpha value is -0.990. The van der Waals surface area contributed by atoms with Gasteiger partial charge in [0, 0.05) is 24.7 Å². The normalized spacial score (nSPS) is 26.7. The highest BCUT2D eigenvalue weighted by Crippen LogP contribution is 2.33. The monoisotopic (exact) mass is 195 g/mol. The smallest absolute Gasteiger partial charge is 0.304 e. The maximum absolute atomic E-state index is 10.7. The van der Waals surface area contributed by atoms with Gasteiger partial charge in [-0.2, -0.15) is 0 Å². The third-order valence-electron chi connectivity index (χ3n) is 3.18. The molecular weight excluding hydrogens is 178 g/mol. The second kappa shape index (κ2) is 4.03. The van der Waals surface area contributed by atoms with Crippen molar-refractivity contribution >= 4 is 5.97 Å². The van der Waals surface area contributed by atoms with Crippen LogP contribution in [0.3, 0.4) is 0 Å². The van der Waals surface area contributed by atoms with E-state index in [0.29, 0.717) is 6.42 Å². The van der Waals surface area contributed by atoms with E-state index in [1.54, 1.807) is 0 Å². The van der Waals surface area contributed by atoms with Crippen molar-refractivity contribution in [3.63, 3.8) is 0 Å². The summed E-state index contributed by atoms with van der Waals surface area (Å²) in [5, 5.41) is 8.79. The van der Waals surface area contributed by atoms with Crippen molar-refractivity contribution in [2.45, 2.75) is 32.1 Å². The topological polar surface area (TPSA) is 40.5 Å². The summed E-state index contributed by atoms with van der Waals surface area (Å²) in [4.78, 5) is 13.0. The molecule has 1 fully saturated rings. The quantitative estimate of drug-likeness (QED) is 0.747. The van der Waals surface area contributed by atoms with E-state index in [1.807, 2.05) is 0 Å². The van der Waals surface area contributed by atoms with Crippen molar-refractivity contribution in [3.8, 4) is 0 Å². The molecule has 1 heterocycles. The van der Waals surface area contributed by atoms with Crippen molar-refractivity contribution < 1.29 is 9.90 Å². The first-order valence-electron chi connectivity index (χ1n) is 5.44. The molecule has 0 aromatic heterocycles. The van der Waals surface area contributed by atoms with Gasteiger partial charge in [-0.25, -0.2) is 0 Å². The van der Waals surface area contributed by atoms with E-state index < -0.39 is 5.97 Å². The molecule has 2 rings (SSSR count). The van der Waals surface area contributed by atoms with Crippen LogP contribution in [0.5, 0.6) is 0 Å². The minimum atomic E-state index is -0.665. The third-order valence-corrected chi connectivity index (χ3v) is 3.18. The predicted octanol–water partition coefficient (Wildman–Crippen LogP) is 1.85. The maximum atomic E-state index is 10.7. The molecule has 0 aromatic carbocycles. The van der Waals surface area contributed by atoms with E-state index in [0.717, 1.165) is 25.9 Å². The summed E-state index contributed by atoms with van der Waals surface area (Å²) in [6.07, 6.45) is 7.15. The Kier molecular flexibility index (Phi) is 2.75. The Balaban J connectivity index is 1.98. The standard InChI is InChI=1S/C11H17NO2/c13-11(14)8-9-4-3-5-10(9)12-6-1-2-7-12/h5,9H,1-4,6-8H2,(H,13,14). The van der Waals surface area contributed by atoms with Gasteiger partial charge in [-0.1, -0.05) is 6.08 Å². The van der Waals surface area contributed by atoms with Crippen LogP contribution in [0.15, 0.2) is 11.8 Å². The first kappa shape index (κ1) is 9.56. The van der Waals surface area contributed by atoms with Gasteiger partial charge >= 0.3 is 5.97 Å². The summed E-state index contributed by atoms with van der Waals surface area (Å²) in [5.41, 5.74) is 1.31. The molecule has 78 valence electrons. The lowest BCUT2D eigenvalue weighted by molar-refractivity contribution is -0.137. The molecule has 0 aromatic rings. The van der Waals surface area contributed by atoms with Gasteiger partial charge in [-0.15, -0.1) is 0 Å². The maximum Gasteiger partial charge on any atom is 0.304 e. The van der Waals surface area contributed by atoms with Gasteiger partial charge in [0.05, 0.1) is 6.42 Å². The first-order valence-corrected chi connectivity index (χ1v) is 5.44. The molecule has 3 heteroatoms. The molecule has 0 spiro atoms. The van der Waals surface area contributed by atoms with Crippen molar-refractivity contribution in [3.05, 3.63) is 11.8 Å². The van der Waals surface area contributed by atoms with Crippen LogP contribution in [-0.4, -0.2) is 29.1 Å². The number of allylic oxidation sites excluding steroid dienone is 2. The number of aliphatic carboxylic acids is 1. The van der Waals surface area contributed by atoms with Gasteiger partial charge in [-0.05, 0) is 25.7 Å². The predicted molar refractivity (Wildman–Crippen MR) is 53.9 cm³/mol. The van der Waals surface area contributed by atoms with Crippen molar-refractivity contribution in [1.82, 2.24) is 4.90 Å². The van der Waals surface area contributed by atoms with Crippen molar-refractivity contribution in [2.24, 2.45) is 5.92 Å². The molecular formula is C11H17NO2. The Morgan fingerprint density at radius 1 is 1.50 bits per heavy atom. The van der Waals surface area contributed by atoms with Crippen LogP contribution in [0.25, 0.3) is 0 Å². The fraction of sp³-hybridized carbons (Fsp3) is 0.727. The van der Waals surface area contributed by atoms with E-state index in [1.165, 1.54) is 18.5 Å². The SMILES string of the molecule is O=C(O)CC1CCC=C1N1CCCC1. The van der Waals surface area contributed by atoms with Crippen LogP contribution < -0.4 is 0 Å².